The van der Waals surface area contributed by atoms with Gasteiger partial charge in [0.15, 0.2) is 0 Å². The molecule has 0 fully saturated rings. The van der Waals surface area contributed by atoms with Crippen LogP contribution in [-0.2, 0) is 0 Å². The average Bonchev–Trinajstić information content (AvgIpc) is 2.28. The smallest absolute Gasteiger partial charge is 0.0754 e. The molecule has 0 atom stereocenters. The number of halogens is 1. The summed E-state index contributed by atoms with van der Waals surface area (Å²) in [5, 5.41) is 15.2. The minimum absolute atomic E-state index is 0.0697. The number of nitrogens with one attached hydrogen (secondary N) is 1. The number of hydrogen-bond donors (Lipinski definition) is 1. The first kappa shape index (κ1) is 13.5. The highest BCUT2D eigenvalue weighted by molar-refractivity contribution is 6.33. The Morgan fingerprint density at radius 3 is 2.82 bits per heavy atom. The van der Waals surface area contributed by atoms with Crippen LogP contribution in [0.25, 0.3) is 0 Å². The zero-order chi connectivity index (χ0) is 12.8. The number of carbonyl (C=O) groups is 1. The molecule has 0 amide bonds. The van der Waals surface area contributed by atoms with Crippen LogP contribution in [0.5, 0.6) is 0 Å². The molecule has 0 radical (unpaired) electrons. The van der Waals surface area contributed by atoms with Gasteiger partial charge >= 0.3 is 0 Å². The summed E-state index contributed by atoms with van der Waals surface area (Å²) in [6.07, 6.45) is 1.88. The Hall–Kier alpha value is -1.55. The van der Waals surface area contributed by atoms with Crippen molar-refractivity contribution in [3.05, 3.63) is 28.8 Å². The van der Waals surface area contributed by atoms with E-state index >= 15 is 0 Å². The molecule has 5 heteroatoms. The predicted molar refractivity (Wildman–Crippen MR) is 67.4 cm³/mol. The minimum Gasteiger partial charge on any atom is -0.545 e. The normalized spacial score (nSPS) is 11.4. The lowest BCUT2D eigenvalue weighted by Crippen LogP contribution is -2.22. The van der Waals surface area contributed by atoms with Gasteiger partial charge in [-0.2, -0.15) is 5.10 Å². The molecule has 0 bridgehead atoms. The summed E-state index contributed by atoms with van der Waals surface area (Å²) in [5.74, 6) is -1.24. The largest absolute Gasteiger partial charge is 0.545 e. The molecule has 0 heterocycles. The van der Waals surface area contributed by atoms with Gasteiger partial charge in [-0.15, -0.1) is 0 Å². The van der Waals surface area contributed by atoms with Gasteiger partial charge < -0.3 is 9.90 Å². The lowest BCUT2D eigenvalue weighted by Gasteiger charge is -2.08. The molecular formula is C12H14ClN2O2-. The summed E-state index contributed by atoms with van der Waals surface area (Å²) in [5.41, 5.74) is 4.22. The van der Waals surface area contributed by atoms with E-state index in [2.05, 4.69) is 17.5 Å². The van der Waals surface area contributed by atoms with Crippen molar-refractivity contribution in [2.24, 2.45) is 5.10 Å². The number of hydrogen-bond acceptors (Lipinski definition) is 4. The van der Waals surface area contributed by atoms with E-state index in [-0.39, 0.29) is 5.56 Å². The van der Waals surface area contributed by atoms with Gasteiger partial charge in [-0.05, 0) is 31.0 Å². The Morgan fingerprint density at radius 2 is 2.24 bits per heavy atom. The number of rotatable bonds is 5. The second kappa shape index (κ2) is 6.25. The second-order valence-electron chi connectivity index (χ2n) is 3.69. The molecule has 0 saturated heterocycles. The molecule has 17 heavy (non-hydrogen) atoms. The molecule has 1 rings (SSSR count). The Morgan fingerprint density at radius 1 is 1.53 bits per heavy atom. The quantitative estimate of drug-likeness (QED) is 0.647. The van der Waals surface area contributed by atoms with E-state index in [1.165, 1.54) is 18.2 Å². The number of nitrogens with zero attached hydrogens (tertiary/aromatic N) is 1. The fourth-order valence-electron chi connectivity index (χ4n) is 1.31. The summed E-state index contributed by atoms with van der Waals surface area (Å²) >= 11 is 5.92. The zero-order valence-corrected chi connectivity index (χ0v) is 10.5. The maximum atomic E-state index is 10.7. The van der Waals surface area contributed by atoms with Gasteiger partial charge in [0.25, 0.3) is 0 Å². The molecule has 0 aliphatic carbocycles. The van der Waals surface area contributed by atoms with Gasteiger partial charge in [0.05, 0.1) is 16.7 Å². The lowest BCUT2D eigenvalue weighted by atomic mass is 10.2. The number of carboxylic acid groups (broad SMARTS) is 1. The van der Waals surface area contributed by atoms with Crippen LogP contribution in [0.3, 0.4) is 0 Å². The first-order valence-corrected chi connectivity index (χ1v) is 5.72. The minimum atomic E-state index is -1.24. The van der Waals surface area contributed by atoms with Crippen molar-refractivity contribution in [3.8, 4) is 0 Å². The Balaban J connectivity index is 2.86. The third kappa shape index (κ3) is 4.07. The second-order valence-corrected chi connectivity index (χ2v) is 4.10. The van der Waals surface area contributed by atoms with Crippen molar-refractivity contribution >= 4 is 29.0 Å². The summed E-state index contributed by atoms with van der Waals surface area (Å²) in [6, 6.07) is 4.30. The first-order valence-electron chi connectivity index (χ1n) is 5.34. The van der Waals surface area contributed by atoms with Gasteiger partial charge in [-0.1, -0.05) is 31.0 Å². The Bertz CT molecular complexity index is 444. The number of hydrazone groups is 1. The van der Waals surface area contributed by atoms with Crippen LogP contribution in [0.4, 0.5) is 5.69 Å². The lowest BCUT2D eigenvalue weighted by molar-refractivity contribution is -0.255. The number of carboxylic acids is 1. The maximum absolute atomic E-state index is 10.7. The van der Waals surface area contributed by atoms with Crippen molar-refractivity contribution in [2.75, 3.05) is 5.43 Å². The zero-order valence-electron chi connectivity index (χ0n) is 9.79. The standard InChI is InChI=1S/C12H15ClN2O2/c1-3-4-8(2)14-15-11-7-9(12(16)17)5-6-10(11)13/h5-7,15H,3-4H2,1-2H3,(H,16,17)/p-1/b14-8-. The monoisotopic (exact) mass is 253 g/mol. The van der Waals surface area contributed by atoms with E-state index in [0.29, 0.717) is 10.7 Å². The van der Waals surface area contributed by atoms with Gasteiger partial charge in [-0.3, -0.25) is 5.43 Å². The molecule has 1 aromatic carbocycles. The van der Waals surface area contributed by atoms with E-state index in [0.717, 1.165) is 18.6 Å². The molecule has 4 nitrogen and oxygen atoms in total. The van der Waals surface area contributed by atoms with Gasteiger partial charge in [0.2, 0.25) is 0 Å². The molecule has 1 N–H and O–H groups in total. The van der Waals surface area contributed by atoms with Crippen LogP contribution in [-0.4, -0.2) is 11.7 Å². The third-order valence-corrected chi connectivity index (χ3v) is 2.51. The van der Waals surface area contributed by atoms with Gasteiger partial charge in [-0.25, -0.2) is 0 Å². The van der Waals surface area contributed by atoms with E-state index in [4.69, 9.17) is 11.6 Å². The van der Waals surface area contributed by atoms with Crippen LogP contribution in [0, 0.1) is 0 Å². The SMILES string of the molecule is CCC/C(C)=N\Nc1cc(C(=O)[O-])ccc1Cl. The molecular weight excluding hydrogens is 240 g/mol. The molecule has 0 aliphatic heterocycles. The summed E-state index contributed by atoms with van der Waals surface area (Å²) < 4.78 is 0. The molecule has 0 aromatic heterocycles. The van der Waals surface area contributed by atoms with Crippen molar-refractivity contribution in [3.63, 3.8) is 0 Å². The van der Waals surface area contributed by atoms with Crippen molar-refractivity contribution in [1.29, 1.82) is 0 Å². The third-order valence-electron chi connectivity index (χ3n) is 2.18. The van der Waals surface area contributed by atoms with Crippen LogP contribution in [0.15, 0.2) is 23.3 Å². The van der Waals surface area contributed by atoms with E-state index < -0.39 is 5.97 Å². The van der Waals surface area contributed by atoms with Crippen LogP contribution >= 0.6 is 11.6 Å². The molecule has 92 valence electrons. The van der Waals surface area contributed by atoms with E-state index in [1.54, 1.807) is 0 Å². The Kier molecular flexibility index (Phi) is 4.97. The van der Waals surface area contributed by atoms with E-state index in [9.17, 15) is 9.90 Å². The van der Waals surface area contributed by atoms with Crippen LogP contribution in [0.2, 0.25) is 5.02 Å². The first-order chi connectivity index (χ1) is 8.04. The van der Waals surface area contributed by atoms with Crippen molar-refractivity contribution in [1.82, 2.24) is 0 Å². The summed E-state index contributed by atoms with van der Waals surface area (Å²) in [7, 11) is 0. The van der Waals surface area contributed by atoms with Gasteiger partial charge in [0, 0.05) is 5.71 Å². The molecule has 0 unspecified atom stereocenters. The molecule has 1 aromatic rings. The molecule has 0 aliphatic rings. The number of benzene rings is 1. The molecule has 0 spiro atoms. The highest BCUT2D eigenvalue weighted by Gasteiger charge is 2.02. The maximum Gasteiger partial charge on any atom is 0.0754 e. The number of aromatic carboxylic acids is 1. The highest BCUT2D eigenvalue weighted by atomic mass is 35.5. The highest BCUT2D eigenvalue weighted by Crippen LogP contribution is 2.22. The van der Waals surface area contributed by atoms with Crippen molar-refractivity contribution in [2.45, 2.75) is 26.7 Å². The summed E-state index contributed by atoms with van der Waals surface area (Å²) in [4.78, 5) is 10.7. The fourth-order valence-corrected chi connectivity index (χ4v) is 1.47. The van der Waals surface area contributed by atoms with E-state index in [1.807, 2.05) is 6.92 Å². The number of anilines is 1. The predicted octanol–water partition coefficient (Wildman–Crippen LogP) is 2.29. The summed E-state index contributed by atoms with van der Waals surface area (Å²) in [6.45, 7) is 3.95. The van der Waals surface area contributed by atoms with Gasteiger partial charge in [0.1, 0.15) is 0 Å². The number of carbonyl (C=O) groups excluding carboxylic acids is 1. The molecule has 0 saturated carbocycles. The fraction of sp³-hybridized carbons (Fsp3) is 0.333. The Labute approximate surface area is 105 Å². The topological polar surface area (TPSA) is 64.5 Å². The van der Waals surface area contributed by atoms with Crippen molar-refractivity contribution < 1.29 is 9.90 Å². The van der Waals surface area contributed by atoms with Crippen LogP contribution < -0.4 is 10.5 Å². The van der Waals surface area contributed by atoms with Crippen LogP contribution in [0.1, 0.15) is 37.0 Å². The average molecular weight is 254 g/mol.